The molecule has 1 fully saturated rings. The molecular weight excluding hydrogens is 343 g/mol. The molecule has 2 aromatic carbocycles. The lowest BCUT2D eigenvalue weighted by Gasteiger charge is -2.12. The average Bonchev–Trinajstić information content (AvgIpc) is 3.37. The highest BCUT2D eigenvalue weighted by molar-refractivity contribution is 5.91. The molecule has 4 nitrogen and oxygen atoms in total. The van der Waals surface area contributed by atoms with E-state index in [0.29, 0.717) is 23.6 Å². The number of hydrogen-bond acceptors (Lipinski definition) is 3. The number of amides is 1. The molecule has 1 heterocycles. The van der Waals surface area contributed by atoms with Gasteiger partial charge in [-0.1, -0.05) is 47.6 Å². The molecule has 4 rings (SSSR count). The first kappa shape index (κ1) is 17.5. The van der Waals surface area contributed by atoms with Gasteiger partial charge in [-0.05, 0) is 43.4 Å². The van der Waals surface area contributed by atoms with Crippen LogP contribution in [0, 0.1) is 5.82 Å². The summed E-state index contributed by atoms with van der Waals surface area (Å²) in [7, 11) is 0. The molecule has 1 amide bonds. The van der Waals surface area contributed by atoms with Crippen LogP contribution in [0.4, 0.5) is 4.39 Å². The fraction of sp³-hybridized carbons (Fsp3) is 0.273. The quantitative estimate of drug-likeness (QED) is 0.637. The van der Waals surface area contributed by atoms with Crippen LogP contribution in [0.3, 0.4) is 0 Å². The Labute approximate surface area is 157 Å². The standard InChI is InChI=1S/C22H21FN2O2/c23-18-11-5-4-10-17(18)19-15-20(25-27-19)22(12-13-22)21(26)24-14-6-9-16-7-2-1-3-8-16/h1-5,7-8,10-11,15H,6,9,12-14H2,(H,24,26). The first-order valence-electron chi connectivity index (χ1n) is 9.23. The molecule has 0 atom stereocenters. The molecular formula is C22H21FN2O2. The second kappa shape index (κ2) is 7.35. The predicted molar refractivity (Wildman–Crippen MR) is 101 cm³/mol. The van der Waals surface area contributed by atoms with Gasteiger partial charge in [-0.3, -0.25) is 4.79 Å². The summed E-state index contributed by atoms with van der Waals surface area (Å²) in [4.78, 5) is 12.7. The van der Waals surface area contributed by atoms with Gasteiger partial charge in [0.1, 0.15) is 5.82 Å². The van der Waals surface area contributed by atoms with E-state index in [-0.39, 0.29) is 11.7 Å². The Morgan fingerprint density at radius 1 is 1.11 bits per heavy atom. The van der Waals surface area contributed by atoms with Gasteiger partial charge in [0.2, 0.25) is 5.91 Å². The normalized spacial score (nSPS) is 14.7. The summed E-state index contributed by atoms with van der Waals surface area (Å²) in [6.45, 7) is 0.619. The number of aryl methyl sites for hydroxylation is 1. The number of halogens is 1. The van der Waals surface area contributed by atoms with Crippen LogP contribution in [0.1, 0.15) is 30.5 Å². The van der Waals surface area contributed by atoms with Crippen molar-refractivity contribution in [2.75, 3.05) is 6.54 Å². The SMILES string of the molecule is O=C(NCCCc1ccccc1)C1(c2cc(-c3ccccc3F)on2)CC1. The van der Waals surface area contributed by atoms with Crippen LogP contribution in [0.5, 0.6) is 0 Å². The van der Waals surface area contributed by atoms with E-state index in [1.54, 1.807) is 24.3 Å². The molecule has 0 bridgehead atoms. The molecule has 27 heavy (non-hydrogen) atoms. The van der Waals surface area contributed by atoms with Crippen molar-refractivity contribution in [3.63, 3.8) is 0 Å². The van der Waals surface area contributed by atoms with Gasteiger partial charge in [0.05, 0.1) is 16.7 Å². The Morgan fingerprint density at radius 3 is 2.59 bits per heavy atom. The Bertz CT molecular complexity index is 932. The lowest BCUT2D eigenvalue weighted by molar-refractivity contribution is -0.123. The fourth-order valence-corrected chi connectivity index (χ4v) is 3.32. The van der Waals surface area contributed by atoms with Crippen LogP contribution >= 0.6 is 0 Å². The Morgan fingerprint density at radius 2 is 1.85 bits per heavy atom. The molecule has 1 saturated carbocycles. The van der Waals surface area contributed by atoms with Gasteiger partial charge >= 0.3 is 0 Å². The van der Waals surface area contributed by atoms with E-state index in [9.17, 15) is 9.18 Å². The minimum atomic E-state index is -0.625. The van der Waals surface area contributed by atoms with Crippen molar-refractivity contribution in [2.45, 2.75) is 31.1 Å². The van der Waals surface area contributed by atoms with Crippen LogP contribution in [-0.4, -0.2) is 17.6 Å². The Kier molecular flexibility index (Phi) is 4.75. The number of rotatable bonds is 7. The minimum absolute atomic E-state index is 0.0241. The Balaban J connectivity index is 1.37. The molecule has 1 aromatic heterocycles. The van der Waals surface area contributed by atoms with Gasteiger partial charge in [0, 0.05) is 12.6 Å². The van der Waals surface area contributed by atoms with Crippen molar-refractivity contribution in [1.29, 1.82) is 0 Å². The lowest BCUT2D eigenvalue weighted by Crippen LogP contribution is -2.35. The molecule has 0 unspecified atom stereocenters. The summed E-state index contributed by atoms with van der Waals surface area (Å²) < 4.78 is 19.3. The van der Waals surface area contributed by atoms with Crippen molar-refractivity contribution < 1.29 is 13.7 Å². The van der Waals surface area contributed by atoms with Crippen molar-refractivity contribution >= 4 is 5.91 Å². The van der Waals surface area contributed by atoms with E-state index >= 15 is 0 Å². The monoisotopic (exact) mass is 364 g/mol. The highest BCUT2D eigenvalue weighted by Gasteiger charge is 2.53. The number of nitrogens with zero attached hydrogens (tertiary/aromatic N) is 1. The second-order valence-corrected chi connectivity index (χ2v) is 6.98. The van der Waals surface area contributed by atoms with Gasteiger partial charge < -0.3 is 9.84 Å². The summed E-state index contributed by atoms with van der Waals surface area (Å²) in [5.41, 5.74) is 1.58. The van der Waals surface area contributed by atoms with Gasteiger partial charge in [-0.15, -0.1) is 0 Å². The summed E-state index contributed by atoms with van der Waals surface area (Å²) in [6, 6.07) is 18.3. The third-order valence-corrected chi connectivity index (χ3v) is 5.10. The maximum absolute atomic E-state index is 13.9. The summed E-state index contributed by atoms with van der Waals surface area (Å²) >= 11 is 0. The number of aromatic nitrogens is 1. The number of nitrogens with one attached hydrogen (secondary N) is 1. The molecule has 1 N–H and O–H groups in total. The van der Waals surface area contributed by atoms with E-state index in [1.165, 1.54) is 11.6 Å². The van der Waals surface area contributed by atoms with Gasteiger partial charge in [0.15, 0.2) is 5.76 Å². The van der Waals surface area contributed by atoms with E-state index < -0.39 is 5.41 Å². The zero-order valence-electron chi connectivity index (χ0n) is 15.0. The van der Waals surface area contributed by atoms with E-state index in [1.807, 2.05) is 18.2 Å². The average molecular weight is 364 g/mol. The molecule has 0 saturated heterocycles. The molecule has 3 aromatic rings. The topological polar surface area (TPSA) is 55.1 Å². The molecule has 0 radical (unpaired) electrons. The van der Waals surface area contributed by atoms with E-state index in [4.69, 9.17) is 4.52 Å². The summed E-state index contributed by atoms with van der Waals surface area (Å²) in [5.74, 6) is -0.0365. The zero-order chi connectivity index (χ0) is 18.7. The second-order valence-electron chi connectivity index (χ2n) is 6.98. The third-order valence-electron chi connectivity index (χ3n) is 5.10. The predicted octanol–water partition coefficient (Wildman–Crippen LogP) is 4.26. The molecule has 1 aliphatic carbocycles. The maximum Gasteiger partial charge on any atom is 0.232 e. The molecule has 5 heteroatoms. The molecule has 1 aliphatic rings. The first-order chi connectivity index (χ1) is 13.2. The molecule has 0 spiro atoms. The number of benzene rings is 2. The van der Waals surface area contributed by atoms with E-state index in [2.05, 4.69) is 22.6 Å². The summed E-state index contributed by atoms with van der Waals surface area (Å²) in [6.07, 6.45) is 3.28. The van der Waals surface area contributed by atoms with Crippen molar-refractivity contribution in [2.24, 2.45) is 0 Å². The smallest absolute Gasteiger partial charge is 0.232 e. The highest BCUT2D eigenvalue weighted by atomic mass is 19.1. The van der Waals surface area contributed by atoms with Crippen molar-refractivity contribution in [3.05, 3.63) is 77.7 Å². The first-order valence-corrected chi connectivity index (χ1v) is 9.23. The van der Waals surface area contributed by atoms with Crippen LogP contribution in [-0.2, 0) is 16.6 Å². The van der Waals surface area contributed by atoms with Crippen LogP contribution in [0.2, 0.25) is 0 Å². The van der Waals surface area contributed by atoms with E-state index in [0.717, 1.165) is 25.7 Å². The molecule has 138 valence electrons. The maximum atomic E-state index is 13.9. The largest absolute Gasteiger partial charge is 0.356 e. The van der Waals surface area contributed by atoms with Crippen LogP contribution in [0.15, 0.2) is 65.2 Å². The van der Waals surface area contributed by atoms with Crippen LogP contribution in [0.25, 0.3) is 11.3 Å². The summed E-state index contributed by atoms with van der Waals surface area (Å²) in [5, 5.41) is 7.08. The van der Waals surface area contributed by atoms with Gasteiger partial charge in [-0.25, -0.2) is 4.39 Å². The lowest BCUT2D eigenvalue weighted by atomic mass is 10.00. The van der Waals surface area contributed by atoms with Crippen LogP contribution < -0.4 is 5.32 Å². The van der Waals surface area contributed by atoms with Crippen molar-refractivity contribution in [1.82, 2.24) is 10.5 Å². The Hall–Kier alpha value is -2.95. The molecule has 0 aliphatic heterocycles. The zero-order valence-corrected chi connectivity index (χ0v) is 15.0. The number of carbonyl (C=O) groups is 1. The van der Waals surface area contributed by atoms with Crippen molar-refractivity contribution in [3.8, 4) is 11.3 Å². The third kappa shape index (κ3) is 3.63. The fourth-order valence-electron chi connectivity index (χ4n) is 3.32. The van der Waals surface area contributed by atoms with Gasteiger partial charge in [0.25, 0.3) is 0 Å². The highest BCUT2D eigenvalue weighted by Crippen LogP contribution is 2.48. The number of carbonyl (C=O) groups excluding carboxylic acids is 1. The van der Waals surface area contributed by atoms with Gasteiger partial charge in [-0.2, -0.15) is 0 Å². The minimum Gasteiger partial charge on any atom is -0.356 e. The number of hydrogen-bond donors (Lipinski definition) is 1.